The molecule has 0 fully saturated rings. The first kappa shape index (κ1) is 39.0. The molecule has 0 bridgehead atoms. The molecule has 0 unspecified atom stereocenters. The second kappa shape index (κ2) is 15.0. The van der Waals surface area contributed by atoms with Crippen molar-refractivity contribution in [3.63, 3.8) is 0 Å². The first-order chi connectivity index (χ1) is 8.09. The fraction of sp³-hybridized carbons (Fsp3) is 0.381. The third-order valence-corrected chi connectivity index (χ3v) is 2.85. The van der Waals surface area contributed by atoms with E-state index in [1.807, 2.05) is 20.8 Å². The molecule has 0 atom stereocenters. The average molecular weight is 379 g/mol. The summed E-state index contributed by atoms with van der Waals surface area (Å²) >= 11 is 0. The Morgan fingerprint density at radius 3 is 1.62 bits per heavy atom. The van der Waals surface area contributed by atoms with Crippen LogP contribution in [0.15, 0.2) is 18.2 Å². The van der Waals surface area contributed by atoms with E-state index in [1.54, 1.807) is 0 Å². The van der Waals surface area contributed by atoms with Crippen molar-refractivity contribution in [1.82, 2.24) is 0 Å². The van der Waals surface area contributed by atoms with Crippen molar-refractivity contribution in [3.8, 4) is 0 Å². The molecule has 1 nitrogen and oxygen atoms in total. The first-order valence-corrected chi connectivity index (χ1v) is 6.48. The van der Waals surface area contributed by atoms with Gasteiger partial charge in [0, 0.05) is 32.7 Å². The van der Waals surface area contributed by atoms with Crippen molar-refractivity contribution in [2.45, 2.75) is 54.0 Å². The van der Waals surface area contributed by atoms with Crippen LogP contribution in [0, 0.1) is 57.4 Å². The summed E-state index contributed by atoms with van der Waals surface area (Å²) in [5.74, 6) is 0. The summed E-state index contributed by atoms with van der Waals surface area (Å²) in [7, 11) is 0. The van der Waals surface area contributed by atoms with Crippen LogP contribution < -0.4 is 0 Å². The summed E-state index contributed by atoms with van der Waals surface area (Å²) in [5.41, 5.74) is 12.3. The van der Waals surface area contributed by atoms with Crippen molar-refractivity contribution in [2.24, 2.45) is 0 Å². The van der Waals surface area contributed by atoms with Gasteiger partial charge in [0.2, 0.25) is 0 Å². The molecule has 0 amide bonds. The maximum Gasteiger partial charge on any atom is 0 e. The molecule has 24 heavy (non-hydrogen) atoms. The number of hydrogen-bond acceptors (Lipinski definition) is 0. The molecular weight excluding hydrogens is 342 g/mol. The fourth-order valence-electron chi connectivity index (χ4n) is 2.17. The van der Waals surface area contributed by atoms with Crippen molar-refractivity contribution in [2.75, 3.05) is 0 Å². The minimum Gasteiger partial charge on any atom is -0.673 e. The molecule has 0 spiro atoms. The van der Waals surface area contributed by atoms with Crippen molar-refractivity contribution < 1.29 is 21.7 Å². The van der Waals surface area contributed by atoms with Crippen molar-refractivity contribution in [1.29, 1.82) is 0 Å². The molecule has 0 aliphatic rings. The van der Waals surface area contributed by atoms with E-state index in [1.165, 1.54) is 33.0 Å². The molecule has 140 valence electrons. The molecular formula is C21H37NSiTi-6. The Labute approximate surface area is 173 Å². The Kier molecular flexibility index (Phi) is 24.4. The van der Waals surface area contributed by atoms with E-state index in [4.69, 9.17) is 5.73 Å². The van der Waals surface area contributed by atoms with E-state index in [9.17, 15) is 0 Å². The topological polar surface area (TPSA) is 23.8 Å². The molecule has 2 rings (SSSR count). The zero-order valence-electron chi connectivity index (χ0n) is 17.7. The number of rotatable bonds is 0. The minimum atomic E-state index is -0.250. The number of aryl methyl sites for hydroxylation is 4. The Bertz CT molecular complexity index is 545. The quantitative estimate of drug-likeness (QED) is 0.346. The Hall–Kier alpha value is -0.279. The van der Waals surface area contributed by atoms with Crippen LogP contribution in [0.5, 0.6) is 0 Å². The molecule has 2 aromatic rings. The zero-order valence-corrected chi connectivity index (χ0v) is 20.3. The van der Waals surface area contributed by atoms with E-state index < -0.39 is 0 Å². The van der Waals surface area contributed by atoms with Crippen molar-refractivity contribution >= 4 is 21.7 Å². The van der Waals surface area contributed by atoms with Crippen LogP contribution in [-0.4, -0.2) is 16.5 Å². The molecule has 0 saturated carbocycles. The standard InChI is InChI=1S/C13H15.C4H10N.4CH3.Si.Ti/c1-8-5-10(3)13-11(4)9(2)7-12(13)6-8;1-4(2,3)5;;;;;;/h5-7H,1-4H3;5H,1-3H3;4*1H3;;/q6*-1;;. The van der Waals surface area contributed by atoms with Crippen LogP contribution in [0.1, 0.15) is 43.0 Å². The third kappa shape index (κ3) is 12.1. The van der Waals surface area contributed by atoms with E-state index in [0.717, 1.165) is 0 Å². The van der Waals surface area contributed by atoms with Crippen LogP contribution >= 0.6 is 0 Å². The zero-order chi connectivity index (χ0) is 14.1. The predicted molar refractivity (Wildman–Crippen MR) is 114 cm³/mol. The second-order valence-electron chi connectivity index (χ2n) is 6.25. The molecule has 1 N–H and O–H groups in total. The molecule has 0 aromatic heterocycles. The normalized spacial score (nSPS) is 8.50. The van der Waals surface area contributed by atoms with Crippen molar-refractivity contribution in [3.05, 3.63) is 75.9 Å². The predicted octanol–water partition coefficient (Wildman–Crippen LogP) is 7.05. The molecule has 4 radical (unpaired) electrons. The van der Waals surface area contributed by atoms with Crippen LogP contribution in [0.2, 0.25) is 0 Å². The van der Waals surface area contributed by atoms with Gasteiger partial charge in [-0.2, -0.15) is 5.56 Å². The largest absolute Gasteiger partial charge is 0.673 e. The van der Waals surface area contributed by atoms with Gasteiger partial charge in [-0.05, 0) is 13.8 Å². The monoisotopic (exact) mass is 379 g/mol. The van der Waals surface area contributed by atoms with Crippen LogP contribution in [0.3, 0.4) is 0 Å². The van der Waals surface area contributed by atoms with Gasteiger partial charge in [0.15, 0.2) is 0 Å². The van der Waals surface area contributed by atoms with Gasteiger partial charge in [0.25, 0.3) is 0 Å². The maximum absolute atomic E-state index is 6.94. The summed E-state index contributed by atoms with van der Waals surface area (Å²) in [5, 5.41) is 2.84. The Morgan fingerprint density at radius 2 is 1.25 bits per heavy atom. The van der Waals surface area contributed by atoms with Gasteiger partial charge in [-0.1, -0.05) is 51.8 Å². The number of fused-ring (bicyclic) bond motifs is 1. The van der Waals surface area contributed by atoms with Gasteiger partial charge in [0.05, 0.1) is 0 Å². The smallest absolute Gasteiger partial charge is 0 e. The SMILES string of the molecule is CC(C)(C)[NH-].Cc1cc(C)c2c(C)c(C)[cH-]c2c1.[CH3-].[CH3-].[CH3-].[CH3-].[Si].[Ti]. The molecule has 3 heteroatoms. The molecule has 0 aliphatic carbocycles. The third-order valence-electron chi connectivity index (χ3n) is 2.85. The van der Waals surface area contributed by atoms with Gasteiger partial charge in [0.1, 0.15) is 0 Å². The summed E-state index contributed by atoms with van der Waals surface area (Å²) in [4.78, 5) is 0. The van der Waals surface area contributed by atoms with Crippen LogP contribution in [0.4, 0.5) is 0 Å². The van der Waals surface area contributed by atoms with E-state index in [0.29, 0.717) is 0 Å². The number of hydrogen-bond donors (Lipinski definition) is 0. The van der Waals surface area contributed by atoms with Gasteiger partial charge in [-0.3, -0.25) is 0 Å². The fourth-order valence-corrected chi connectivity index (χ4v) is 2.17. The van der Waals surface area contributed by atoms with Gasteiger partial charge >= 0.3 is 0 Å². The van der Waals surface area contributed by atoms with Gasteiger partial charge < -0.3 is 35.4 Å². The Morgan fingerprint density at radius 1 is 0.875 bits per heavy atom. The minimum absolute atomic E-state index is 0. The summed E-state index contributed by atoms with van der Waals surface area (Å²) < 4.78 is 0. The van der Waals surface area contributed by atoms with E-state index in [-0.39, 0.29) is 67.9 Å². The molecule has 0 aliphatic heterocycles. The number of nitrogens with one attached hydrogen (secondary N) is 1. The van der Waals surface area contributed by atoms with Gasteiger partial charge in [-0.15, -0.1) is 34.0 Å². The molecule has 0 heterocycles. The first-order valence-electron chi connectivity index (χ1n) is 6.48. The summed E-state index contributed by atoms with van der Waals surface area (Å²) in [6.07, 6.45) is 0. The maximum atomic E-state index is 6.94. The van der Waals surface area contributed by atoms with Gasteiger partial charge in [-0.25, -0.2) is 0 Å². The molecule has 0 saturated heterocycles. The average Bonchev–Trinajstić information content (AvgIpc) is 2.38. The number of benzene rings is 1. The summed E-state index contributed by atoms with van der Waals surface area (Å²) in [6, 6.07) is 6.81. The Balaban J connectivity index is -0.0000000667. The molecule has 2 aromatic carbocycles. The summed E-state index contributed by atoms with van der Waals surface area (Å²) in [6.45, 7) is 14.3. The van der Waals surface area contributed by atoms with E-state index in [2.05, 4.69) is 45.9 Å². The van der Waals surface area contributed by atoms with Crippen LogP contribution in [-0.2, 0) is 21.7 Å². The van der Waals surface area contributed by atoms with E-state index >= 15 is 0 Å². The second-order valence-corrected chi connectivity index (χ2v) is 6.25. The van der Waals surface area contributed by atoms with Crippen LogP contribution in [0.25, 0.3) is 16.5 Å².